The molecule has 0 aromatic heterocycles. The summed E-state index contributed by atoms with van der Waals surface area (Å²) < 4.78 is 0. The van der Waals surface area contributed by atoms with Crippen molar-refractivity contribution in [2.75, 3.05) is 0 Å². The highest BCUT2D eigenvalue weighted by Gasteiger charge is 2.21. The fourth-order valence-electron chi connectivity index (χ4n) is 1.04. The normalized spacial score (nSPS) is 15.0. The van der Waals surface area contributed by atoms with E-state index in [1.54, 1.807) is 12.1 Å². The van der Waals surface area contributed by atoms with Gasteiger partial charge in [0.25, 0.3) is 0 Å². The first kappa shape index (κ1) is 10.4. The van der Waals surface area contributed by atoms with E-state index in [2.05, 4.69) is 15.9 Å². The van der Waals surface area contributed by atoms with Crippen LogP contribution in [0.4, 0.5) is 0 Å². The van der Waals surface area contributed by atoms with Crippen LogP contribution in [0.15, 0.2) is 30.3 Å². The van der Waals surface area contributed by atoms with Crippen LogP contribution < -0.4 is 0 Å². The van der Waals surface area contributed by atoms with Crippen LogP contribution in [-0.4, -0.2) is 15.7 Å². The summed E-state index contributed by atoms with van der Waals surface area (Å²) in [6.45, 7) is 1.45. The predicted octanol–water partition coefficient (Wildman–Crippen LogP) is 2.07. The van der Waals surface area contributed by atoms with E-state index < -0.39 is 10.9 Å². The molecule has 0 unspecified atom stereocenters. The Morgan fingerprint density at radius 2 is 1.92 bits per heavy atom. The molecular formula is C10H11BrO2. The van der Waals surface area contributed by atoms with Crippen molar-refractivity contribution in [3.05, 3.63) is 35.9 Å². The molecule has 1 rings (SSSR count). The predicted molar refractivity (Wildman–Crippen MR) is 54.8 cm³/mol. The fraction of sp³-hybridized carbons (Fsp3) is 0.300. The Balaban J connectivity index is 2.79. The molecule has 0 saturated heterocycles. The Hall–Kier alpha value is -0.670. The molecule has 70 valence electrons. The summed E-state index contributed by atoms with van der Waals surface area (Å²) in [6.07, 6.45) is -0.765. The summed E-state index contributed by atoms with van der Waals surface area (Å²) >= 11 is 3.14. The van der Waals surface area contributed by atoms with Crippen LogP contribution in [0, 0.1) is 0 Å². The summed E-state index contributed by atoms with van der Waals surface area (Å²) in [6, 6.07) is 9.12. The molecule has 0 amide bonds. The number of hydrogen-bond acceptors (Lipinski definition) is 2. The standard InChI is InChI=1S/C10H11BrO2/c1-7(12)9(11)10(13)8-5-3-2-4-6-8/h2-6,9-10,13H,1H3/t9-,10+/m0/s1. The molecule has 0 bridgehead atoms. The van der Waals surface area contributed by atoms with E-state index in [0.717, 1.165) is 5.56 Å². The second-order valence-corrected chi connectivity index (χ2v) is 3.85. The number of carbonyl (C=O) groups is 1. The van der Waals surface area contributed by atoms with Gasteiger partial charge in [0, 0.05) is 0 Å². The molecule has 0 fully saturated rings. The second-order valence-electron chi connectivity index (χ2n) is 2.87. The van der Waals surface area contributed by atoms with Crippen LogP contribution in [0.2, 0.25) is 0 Å². The molecule has 1 aromatic rings. The van der Waals surface area contributed by atoms with Gasteiger partial charge in [0.05, 0.1) is 6.10 Å². The van der Waals surface area contributed by atoms with E-state index in [9.17, 15) is 9.90 Å². The number of Topliss-reactive ketones (excluding diaryl/α,β-unsaturated/α-hetero) is 1. The minimum absolute atomic E-state index is 0.0728. The molecule has 2 atom stereocenters. The SMILES string of the molecule is CC(=O)[C@H](Br)[C@H](O)c1ccccc1. The van der Waals surface area contributed by atoms with Crippen LogP contribution >= 0.6 is 15.9 Å². The molecule has 1 N–H and O–H groups in total. The molecule has 0 radical (unpaired) electrons. The number of rotatable bonds is 3. The summed E-state index contributed by atoms with van der Waals surface area (Å²) in [7, 11) is 0. The number of aliphatic hydroxyl groups is 1. The zero-order valence-electron chi connectivity index (χ0n) is 7.27. The Kier molecular flexibility index (Phi) is 3.63. The first-order valence-corrected chi connectivity index (χ1v) is 4.92. The fourth-order valence-corrected chi connectivity index (χ4v) is 1.35. The zero-order valence-corrected chi connectivity index (χ0v) is 8.86. The molecule has 2 nitrogen and oxygen atoms in total. The third-order valence-corrected chi connectivity index (χ3v) is 2.95. The van der Waals surface area contributed by atoms with Crippen molar-refractivity contribution in [3.8, 4) is 0 Å². The second kappa shape index (κ2) is 4.53. The van der Waals surface area contributed by atoms with Crippen LogP contribution in [0.25, 0.3) is 0 Å². The molecular weight excluding hydrogens is 232 g/mol. The highest BCUT2D eigenvalue weighted by Crippen LogP contribution is 2.22. The Morgan fingerprint density at radius 3 is 2.38 bits per heavy atom. The van der Waals surface area contributed by atoms with Crippen LogP contribution in [0.3, 0.4) is 0 Å². The molecule has 0 aliphatic heterocycles. The third-order valence-electron chi connectivity index (χ3n) is 1.81. The number of ketones is 1. The first-order valence-electron chi connectivity index (χ1n) is 4.00. The van der Waals surface area contributed by atoms with Gasteiger partial charge in [-0.2, -0.15) is 0 Å². The Labute approximate surface area is 85.7 Å². The van der Waals surface area contributed by atoms with E-state index in [4.69, 9.17) is 0 Å². The lowest BCUT2D eigenvalue weighted by atomic mass is 10.1. The number of hydrogen-bond donors (Lipinski definition) is 1. The average Bonchev–Trinajstić information content (AvgIpc) is 2.17. The molecule has 0 aliphatic rings. The number of halogens is 1. The van der Waals surface area contributed by atoms with Crippen LogP contribution in [0.5, 0.6) is 0 Å². The van der Waals surface area contributed by atoms with Crippen molar-refractivity contribution in [3.63, 3.8) is 0 Å². The van der Waals surface area contributed by atoms with Crippen molar-refractivity contribution < 1.29 is 9.90 Å². The van der Waals surface area contributed by atoms with Crippen LogP contribution in [-0.2, 0) is 4.79 Å². The van der Waals surface area contributed by atoms with Gasteiger partial charge in [0.2, 0.25) is 0 Å². The minimum atomic E-state index is -0.765. The summed E-state index contributed by atoms with van der Waals surface area (Å²) in [4.78, 5) is 10.4. The molecule has 0 aliphatic carbocycles. The molecule has 0 saturated carbocycles. The van der Waals surface area contributed by atoms with E-state index in [1.165, 1.54) is 6.92 Å². The van der Waals surface area contributed by atoms with Gasteiger partial charge in [-0.25, -0.2) is 0 Å². The van der Waals surface area contributed by atoms with Crippen molar-refractivity contribution >= 4 is 21.7 Å². The van der Waals surface area contributed by atoms with Crippen molar-refractivity contribution in [2.45, 2.75) is 17.9 Å². The minimum Gasteiger partial charge on any atom is -0.387 e. The third kappa shape index (κ3) is 2.64. The Morgan fingerprint density at radius 1 is 1.38 bits per heavy atom. The number of carbonyl (C=O) groups excluding carboxylic acids is 1. The quantitative estimate of drug-likeness (QED) is 0.825. The zero-order chi connectivity index (χ0) is 9.84. The van der Waals surface area contributed by atoms with Gasteiger partial charge in [0.1, 0.15) is 10.6 Å². The maximum absolute atomic E-state index is 11.0. The van der Waals surface area contributed by atoms with E-state index in [0.29, 0.717) is 0 Å². The smallest absolute Gasteiger partial charge is 0.146 e. The van der Waals surface area contributed by atoms with E-state index in [-0.39, 0.29) is 5.78 Å². The lowest BCUT2D eigenvalue weighted by molar-refractivity contribution is -0.118. The number of benzene rings is 1. The molecule has 13 heavy (non-hydrogen) atoms. The van der Waals surface area contributed by atoms with E-state index in [1.807, 2.05) is 18.2 Å². The van der Waals surface area contributed by atoms with Gasteiger partial charge < -0.3 is 5.11 Å². The van der Waals surface area contributed by atoms with Crippen molar-refractivity contribution in [1.29, 1.82) is 0 Å². The Bertz CT molecular complexity index is 284. The average molecular weight is 243 g/mol. The van der Waals surface area contributed by atoms with Crippen molar-refractivity contribution in [1.82, 2.24) is 0 Å². The molecule has 3 heteroatoms. The number of aliphatic hydroxyl groups excluding tert-OH is 1. The summed E-state index contributed by atoms with van der Waals surface area (Å²) in [5.41, 5.74) is 0.750. The van der Waals surface area contributed by atoms with Crippen molar-refractivity contribution in [2.24, 2.45) is 0 Å². The monoisotopic (exact) mass is 242 g/mol. The largest absolute Gasteiger partial charge is 0.387 e. The highest BCUT2D eigenvalue weighted by molar-refractivity contribution is 9.10. The molecule has 0 heterocycles. The lowest BCUT2D eigenvalue weighted by Crippen LogP contribution is -2.19. The maximum atomic E-state index is 11.0. The van der Waals surface area contributed by atoms with Gasteiger partial charge in [-0.15, -0.1) is 0 Å². The molecule has 0 spiro atoms. The van der Waals surface area contributed by atoms with Gasteiger partial charge in [-0.05, 0) is 12.5 Å². The maximum Gasteiger partial charge on any atom is 0.146 e. The lowest BCUT2D eigenvalue weighted by Gasteiger charge is -2.14. The van der Waals surface area contributed by atoms with Gasteiger partial charge in [-0.3, -0.25) is 4.79 Å². The van der Waals surface area contributed by atoms with Gasteiger partial charge >= 0.3 is 0 Å². The molecule has 1 aromatic carbocycles. The first-order chi connectivity index (χ1) is 6.13. The highest BCUT2D eigenvalue weighted by atomic mass is 79.9. The van der Waals surface area contributed by atoms with Gasteiger partial charge in [-0.1, -0.05) is 46.3 Å². The van der Waals surface area contributed by atoms with E-state index >= 15 is 0 Å². The summed E-state index contributed by atoms with van der Waals surface area (Å²) in [5.74, 6) is -0.0728. The van der Waals surface area contributed by atoms with Crippen LogP contribution in [0.1, 0.15) is 18.6 Å². The number of alkyl halides is 1. The topological polar surface area (TPSA) is 37.3 Å². The summed E-state index contributed by atoms with van der Waals surface area (Å²) in [5, 5.41) is 9.69. The van der Waals surface area contributed by atoms with Gasteiger partial charge in [0.15, 0.2) is 0 Å².